The van der Waals surface area contributed by atoms with Gasteiger partial charge in [-0.15, -0.1) is 0 Å². The van der Waals surface area contributed by atoms with Crippen molar-refractivity contribution in [2.75, 3.05) is 24.8 Å². The quantitative estimate of drug-likeness (QED) is 0.705. The van der Waals surface area contributed by atoms with Gasteiger partial charge >= 0.3 is 0 Å². The van der Waals surface area contributed by atoms with Gasteiger partial charge in [0.15, 0.2) is 0 Å². The van der Waals surface area contributed by atoms with Crippen molar-refractivity contribution in [2.24, 2.45) is 5.92 Å². The van der Waals surface area contributed by atoms with Gasteiger partial charge in [0.2, 0.25) is 5.91 Å². The Morgan fingerprint density at radius 3 is 2.57 bits per heavy atom. The normalized spacial score (nSPS) is 12.8. The zero-order chi connectivity index (χ0) is 20.3. The van der Waals surface area contributed by atoms with Gasteiger partial charge in [-0.25, -0.2) is 9.37 Å². The lowest BCUT2D eigenvalue weighted by Gasteiger charge is -2.14. The Bertz CT molecular complexity index is 944. The highest BCUT2D eigenvalue weighted by Gasteiger charge is 2.30. The summed E-state index contributed by atoms with van der Waals surface area (Å²) >= 11 is 0. The van der Waals surface area contributed by atoms with Crippen LogP contribution in [0, 0.1) is 11.7 Å². The van der Waals surface area contributed by atoms with Crippen LogP contribution in [0.1, 0.15) is 33.6 Å². The number of methoxy groups -OCH3 is 1. The van der Waals surface area contributed by atoms with E-state index in [1.165, 1.54) is 38.6 Å². The van der Waals surface area contributed by atoms with Crippen LogP contribution >= 0.6 is 0 Å². The number of ether oxygens (including phenoxy) is 1. The molecule has 9 heteroatoms. The minimum absolute atomic E-state index is 0.0406. The van der Waals surface area contributed by atoms with Crippen molar-refractivity contribution in [3.05, 3.63) is 47.4 Å². The number of hydrogen-bond donors (Lipinski definition) is 3. The second-order valence-corrected chi connectivity index (χ2v) is 6.23. The summed E-state index contributed by atoms with van der Waals surface area (Å²) in [5.41, 5.74) is -0.153. The Hall–Kier alpha value is -3.49. The summed E-state index contributed by atoms with van der Waals surface area (Å²) in [7, 11) is 2.75. The fourth-order valence-electron chi connectivity index (χ4n) is 2.60. The second-order valence-electron chi connectivity index (χ2n) is 6.23. The van der Waals surface area contributed by atoms with E-state index in [0.29, 0.717) is 0 Å². The van der Waals surface area contributed by atoms with E-state index in [4.69, 9.17) is 4.74 Å². The third kappa shape index (κ3) is 4.08. The number of hydrogen-bond acceptors (Lipinski definition) is 5. The highest BCUT2D eigenvalue weighted by Crippen LogP contribution is 2.30. The average Bonchev–Trinajstić information content (AvgIpc) is 3.52. The number of anilines is 2. The van der Waals surface area contributed by atoms with Crippen molar-refractivity contribution in [3.63, 3.8) is 0 Å². The molecule has 1 saturated carbocycles. The van der Waals surface area contributed by atoms with Gasteiger partial charge in [-0.1, -0.05) is 6.07 Å². The highest BCUT2D eigenvalue weighted by atomic mass is 19.1. The lowest BCUT2D eigenvalue weighted by Crippen LogP contribution is -2.23. The van der Waals surface area contributed by atoms with Crippen LogP contribution in [-0.4, -0.2) is 36.9 Å². The maximum Gasteiger partial charge on any atom is 0.262 e. The molecule has 0 atom stereocenters. The average molecular weight is 386 g/mol. The summed E-state index contributed by atoms with van der Waals surface area (Å²) in [5, 5.41) is 7.59. The van der Waals surface area contributed by atoms with Crippen LogP contribution in [0.25, 0.3) is 0 Å². The van der Waals surface area contributed by atoms with Crippen molar-refractivity contribution in [2.45, 2.75) is 12.8 Å². The first-order valence-electron chi connectivity index (χ1n) is 8.61. The van der Waals surface area contributed by atoms with Gasteiger partial charge < -0.3 is 20.7 Å². The molecule has 0 spiro atoms. The number of nitrogens with one attached hydrogen (secondary N) is 3. The van der Waals surface area contributed by atoms with Crippen LogP contribution in [0.5, 0.6) is 5.75 Å². The molecule has 1 aliphatic rings. The largest absolute Gasteiger partial charge is 0.496 e. The zero-order valence-electron chi connectivity index (χ0n) is 15.3. The lowest BCUT2D eigenvalue weighted by atomic mass is 10.1. The van der Waals surface area contributed by atoms with E-state index in [-0.39, 0.29) is 40.2 Å². The molecule has 0 radical (unpaired) electrons. The molecule has 2 aromatic rings. The maximum atomic E-state index is 14.2. The molecular formula is C19H19FN4O4. The molecule has 0 aliphatic heterocycles. The third-order valence-electron chi connectivity index (χ3n) is 4.25. The standard InChI is InChI=1S/C19H19FN4O4/c1-21-18(26)11-9-22-15(24-17(25)10-6-7-10)8-13(11)23-19(27)16-12(20)4-3-5-14(16)28-2/h3-5,8-10H,6-7H2,1-2H3,(H,21,26)(H2,22,23,24,25,27). The lowest BCUT2D eigenvalue weighted by molar-refractivity contribution is -0.117. The molecule has 0 bridgehead atoms. The second kappa shape index (κ2) is 8.03. The maximum absolute atomic E-state index is 14.2. The molecule has 0 unspecified atom stereocenters. The predicted molar refractivity (Wildman–Crippen MR) is 99.9 cm³/mol. The molecule has 3 amide bonds. The number of carbonyl (C=O) groups is 3. The van der Waals surface area contributed by atoms with E-state index in [9.17, 15) is 18.8 Å². The van der Waals surface area contributed by atoms with E-state index < -0.39 is 17.6 Å². The van der Waals surface area contributed by atoms with Gasteiger partial charge in [0.1, 0.15) is 22.9 Å². The van der Waals surface area contributed by atoms with Crippen LogP contribution in [-0.2, 0) is 4.79 Å². The fourth-order valence-corrected chi connectivity index (χ4v) is 2.60. The Balaban J connectivity index is 1.93. The first-order chi connectivity index (χ1) is 13.4. The highest BCUT2D eigenvalue weighted by molar-refractivity contribution is 6.10. The molecule has 1 aromatic heterocycles. The summed E-state index contributed by atoms with van der Waals surface area (Å²) in [6, 6.07) is 5.35. The molecule has 146 valence electrons. The molecule has 3 rings (SSSR count). The van der Waals surface area contributed by atoms with Crippen LogP contribution in [0.4, 0.5) is 15.9 Å². The monoisotopic (exact) mass is 386 g/mol. The summed E-state index contributed by atoms with van der Waals surface area (Å²) in [4.78, 5) is 40.8. The Morgan fingerprint density at radius 1 is 1.18 bits per heavy atom. The Labute approximate surface area is 160 Å². The van der Waals surface area contributed by atoms with E-state index in [2.05, 4.69) is 20.9 Å². The molecular weight excluding hydrogens is 367 g/mol. The zero-order valence-corrected chi connectivity index (χ0v) is 15.3. The number of pyridine rings is 1. The molecule has 3 N–H and O–H groups in total. The van der Waals surface area contributed by atoms with Crippen molar-refractivity contribution in [3.8, 4) is 5.75 Å². The molecule has 0 saturated heterocycles. The first kappa shape index (κ1) is 19.3. The number of rotatable bonds is 6. The van der Waals surface area contributed by atoms with Gasteiger partial charge in [-0.05, 0) is 25.0 Å². The number of carbonyl (C=O) groups excluding carboxylic acids is 3. The fraction of sp³-hybridized carbons (Fsp3) is 0.263. The number of aromatic nitrogens is 1. The van der Waals surface area contributed by atoms with Crippen molar-refractivity contribution < 1.29 is 23.5 Å². The SMILES string of the molecule is CNC(=O)c1cnc(NC(=O)C2CC2)cc1NC(=O)c1c(F)cccc1OC. The van der Waals surface area contributed by atoms with E-state index in [1.807, 2.05) is 0 Å². The van der Waals surface area contributed by atoms with Crippen LogP contribution < -0.4 is 20.7 Å². The van der Waals surface area contributed by atoms with Gasteiger partial charge in [0.25, 0.3) is 11.8 Å². The molecule has 8 nitrogen and oxygen atoms in total. The van der Waals surface area contributed by atoms with E-state index in [0.717, 1.165) is 18.9 Å². The molecule has 1 aromatic carbocycles. The van der Waals surface area contributed by atoms with Gasteiger partial charge in [0, 0.05) is 25.2 Å². The van der Waals surface area contributed by atoms with Crippen LogP contribution in [0.15, 0.2) is 30.5 Å². The molecule has 1 heterocycles. The minimum Gasteiger partial charge on any atom is -0.496 e. The van der Waals surface area contributed by atoms with Gasteiger partial charge in [0.05, 0.1) is 18.4 Å². The van der Waals surface area contributed by atoms with Crippen LogP contribution in [0.3, 0.4) is 0 Å². The van der Waals surface area contributed by atoms with Crippen LogP contribution in [0.2, 0.25) is 0 Å². The number of halogens is 1. The smallest absolute Gasteiger partial charge is 0.262 e. The number of benzene rings is 1. The summed E-state index contributed by atoms with van der Waals surface area (Å²) < 4.78 is 19.2. The van der Waals surface area contributed by atoms with Crippen molar-refractivity contribution in [1.29, 1.82) is 0 Å². The summed E-state index contributed by atoms with van der Waals surface area (Å²) in [6.07, 6.45) is 2.87. The van der Waals surface area contributed by atoms with Crippen molar-refractivity contribution >= 4 is 29.2 Å². The Morgan fingerprint density at radius 2 is 1.93 bits per heavy atom. The molecule has 1 fully saturated rings. The summed E-state index contributed by atoms with van der Waals surface area (Å²) in [5.74, 6) is -2.05. The molecule has 1 aliphatic carbocycles. The first-order valence-corrected chi connectivity index (χ1v) is 8.61. The topological polar surface area (TPSA) is 109 Å². The minimum atomic E-state index is -0.800. The van der Waals surface area contributed by atoms with Crippen molar-refractivity contribution in [1.82, 2.24) is 10.3 Å². The number of amides is 3. The third-order valence-corrected chi connectivity index (χ3v) is 4.25. The van der Waals surface area contributed by atoms with E-state index >= 15 is 0 Å². The van der Waals surface area contributed by atoms with E-state index in [1.54, 1.807) is 0 Å². The summed E-state index contributed by atoms with van der Waals surface area (Å²) in [6.45, 7) is 0. The predicted octanol–water partition coefficient (Wildman–Crippen LogP) is 2.19. The molecule has 28 heavy (non-hydrogen) atoms. The van der Waals surface area contributed by atoms with Gasteiger partial charge in [-0.3, -0.25) is 14.4 Å². The number of nitrogens with zero attached hydrogens (tertiary/aromatic N) is 1. The Kier molecular flexibility index (Phi) is 5.53. The van der Waals surface area contributed by atoms with Gasteiger partial charge in [-0.2, -0.15) is 0 Å².